The van der Waals surface area contributed by atoms with E-state index in [2.05, 4.69) is 17.2 Å². The van der Waals surface area contributed by atoms with Crippen molar-refractivity contribution in [3.8, 4) is 0 Å². The number of urea groups is 1. The summed E-state index contributed by atoms with van der Waals surface area (Å²) in [7, 11) is 1.57. The molecule has 2 N–H and O–H groups in total. The van der Waals surface area contributed by atoms with Crippen LogP contribution in [0.2, 0.25) is 0 Å². The molecule has 5 heteroatoms. The van der Waals surface area contributed by atoms with Crippen LogP contribution in [0.1, 0.15) is 19.3 Å². The minimum Gasteiger partial charge on any atom is -0.341 e. The molecule has 0 aromatic carbocycles. The van der Waals surface area contributed by atoms with Gasteiger partial charge in [0.1, 0.15) is 0 Å². The highest BCUT2D eigenvalue weighted by molar-refractivity contribution is 5.87. The van der Waals surface area contributed by atoms with E-state index in [1.165, 1.54) is 6.08 Å². The van der Waals surface area contributed by atoms with Gasteiger partial charge in [0.25, 0.3) is 0 Å². The van der Waals surface area contributed by atoms with E-state index in [1.807, 2.05) is 0 Å². The van der Waals surface area contributed by atoms with Crippen LogP contribution in [0.25, 0.3) is 0 Å². The molecule has 1 aliphatic heterocycles. The third-order valence-electron chi connectivity index (χ3n) is 2.81. The van der Waals surface area contributed by atoms with Crippen LogP contribution < -0.4 is 10.6 Å². The average Bonchev–Trinajstić information content (AvgIpc) is 2.35. The Morgan fingerprint density at radius 3 is 2.88 bits per heavy atom. The highest BCUT2D eigenvalue weighted by Crippen LogP contribution is 2.16. The number of hydrogen-bond donors (Lipinski definition) is 2. The standard InChI is InChI=1S/C11H19N3O2/c1-3-10(15)14-7-5-4-6-9(14)8-13-11(16)12-2/h3,9H,1,4-8H2,2H3,(H2,12,13,16). The zero-order valence-electron chi connectivity index (χ0n) is 9.66. The van der Waals surface area contributed by atoms with Gasteiger partial charge in [-0.15, -0.1) is 0 Å². The first-order valence-corrected chi connectivity index (χ1v) is 5.57. The van der Waals surface area contributed by atoms with E-state index in [-0.39, 0.29) is 18.0 Å². The molecule has 1 rings (SSSR count). The summed E-state index contributed by atoms with van der Waals surface area (Å²) in [6, 6.07) is -0.117. The van der Waals surface area contributed by atoms with Crippen LogP contribution in [0, 0.1) is 0 Å². The summed E-state index contributed by atoms with van der Waals surface area (Å²) in [5, 5.41) is 5.22. The number of nitrogens with one attached hydrogen (secondary N) is 2. The lowest BCUT2D eigenvalue weighted by Crippen LogP contribution is -2.50. The van der Waals surface area contributed by atoms with Gasteiger partial charge in [-0.2, -0.15) is 0 Å². The Hall–Kier alpha value is -1.52. The predicted octanol–water partition coefficient (Wildman–Crippen LogP) is 0.483. The predicted molar refractivity (Wildman–Crippen MR) is 62.0 cm³/mol. The van der Waals surface area contributed by atoms with Crippen molar-refractivity contribution in [2.24, 2.45) is 0 Å². The maximum Gasteiger partial charge on any atom is 0.314 e. The van der Waals surface area contributed by atoms with E-state index >= 15 is 0 Å². The van der Waals surface area contributed by atoms with Crippen LogP contribution in [0.15, 0.2) is 12.7 Å². The molecule has 1 heterocycles. The summed E-state index contributed by atoms with van der Waals surface area (Å²) in [6.45, 7) is 4.74. The van der Waals surface area contributed by atoms with Crippen LogP contribution >= 0.6 is 0 Å². The second-order valence-corrected chi connectivity index (χ2v) is 3.85. The quantitative estimate of drug-likeness (QED) is 0.686. The summed E-state index contributed by atoms with van der Waals surface area (Å²) < 4.78 is 0. The molecular weight excluding hydrogens is 206 g/mol. The third-order valence-corrected chi connectivity index (χ3v) is 2.81. The second kappa shape index (κ2) is 6.15. The lowest BCUT2D eigenvalue weighted by molar-refractivity contribution is -0.129. The molecule has 5 nitrogen and oxygen atoms in total. The van der Waals surface area contributed by atoms with E-state index in [1.54, 1.807) is 11.9 Å². The van der Waals surface area contributed by atoms with E-state index in [0.717, 1.165) is 25.8 Å². The summed E-state index contributed by atoms with van der Waals surface area (Å²) in [4.78, 5) is 24.4. The van der Waals surface area contributed by atoms with Crippen molar-refractivity contribution >= 4 is 11.9 Å². The number of nitrogens with zero attached hydrogens (tertiary/aromatic N) is 1. The molecule has 0 bridgehead atoms. The zero-order chi connectivity index (χ0) is 12.0. The van der Waals surface area contributed by atoms with Gasteiger partial charge in [0.05, 0.1) is 0 Å². The van der Waals surface area contributed by atoms with Crippen LogP contribution in [0.4, 0.5) is 4.79 Å². The summed E-state index contributed by atoms with van der Waals surface area (Å²) in [5.74, 6) is -0.0524. The van der Waals surface area contributed by atoms with Gasteiger partial charge < -0.3 is 15.5 Å². The highest BCUT2D eigenvalue weighted by Gasteiger charge is 2.25. The number of hydrogen-bond acceptors (Lipinski definition) is 2. The lowest BCUT2D eigenvalue weighted by Gasteiger charge is -2.35. The fourth-order valence-electron chi connectivity index (χ4n) is 1.92. The van der Waals surface area contributed by atoms with Gasteiger partial charge in [-0.05, 0) is 25.3 Å². The second-order valence-electron chi connectivity index (χ2n) is 3.85. The molecule has 0 saturated carbocycles. The number of likely N-dealkylation sites (tertiary alicyclic amines) is 1. The number of carbonyl (C=O) groups is 2. The van der Waals surface area contributed by atoms with Gasteiger partial charge in [0, 0.05) is 26.2 Å². The largest absolute Gasteiger partial charge is 0.341 e. The van der Waals surface area contributed by atoms with Gasteiger partial charge in [0.15, 0.2) is 0 Å². The van der Waals surface area contributed by atoms with E-state index in [0.29, 0.717) is 6.54 Å². The topological polar surface area (TPSA) is 61.4 Å². The summed E-state index contributed by atoms with van der Waals surface area (Å²) >= 11 is 0. The molecule has 0 aromatic rings. The monoisotopic (exact) mass is 225 g/mol. The average molecular weight is 225 g/mol. The maximum absolute atomic E-state index is 11.6. The number of carbonyl (C=O) groups excluding carboxylic acids is 2. The molecule has 0 aromatic heterocycles. The Kier molecular flexibility index (Phi) is 4.82. The van der Waals surface area contributed by atoms with Crippen molar-refractivity contribution in [2.45, 2.75) is 25.3 Å². The summed E-state index contributed by atoms with van der Waals surface area (Å²) in [5.41, 5.74) is 0. The molecule has 1 fully saturated rings. The SMILES string of the molecule is C=CC(=O)N1CCCCC1CNC(=O)NC. The molecule has 1 unspecified atom stereocenters. The van der Waals surface area contributed by atoms with E-state index in [9.17, 15) is 9.59 Å². The number of rotatable bonds is 3. The Morgan fingerprint density at radius 2 is 2.25 bits per heavy atom. The molecule has 1 saturated heterocycles. The van der Waals surface area contributed by atoms with Gasteiger partial charge in [-0.3, -0.25) is 4.79 Å². The van der Waals surface area contributed by atoms with Gasteiger partial charge >= 0.3 is 6.03 Å². The van der Waals surface area contributed by atoms with Crippen molar-refractivity contribution in [3.05, 3.63) is 12.7 Å². The Morgan fingerprint density at radius 1 is 1.50 bits per heavy atom. The van der Waals surface area contributed by atoms with Gasteiger partial charge in [0.2, 0.25) is 5.91 Å². The maximum atomic E-state index is 11.6. The first-order valence-electron chi connectivity index (χ1n) is 5.57. The Labute approximate surface area is 95.9 Å². The van der Waals surface area contributed by atoms with Gasteiger partial charge in [-0.25, -0.2) is 4.79 Å². The highest BCUT2D eigenvalue weighted by atomic mass is 16.2. The van der Waals surface area contributed by atoms with Crippen molar-refractivity contribution in [1.29, 1.82) is 0 Å². The van der Waals surface area contributed by atoms with E-state index in [4.69, 9.17) is 0 Å². The van der Waals surface area contributed by atoms with Crippen LogP contribution in [-0.4, -0.2) is 43.0 Å². The Bertz CT molecular complexity index is 278. The van der Waals surface area contributed by atoms with Gasteiger partial charge in [-0.1, -0.05) is 6.58 Å². The van der Waals surface area contributed by atoms with Crippen molar-refractivity contribution in [3.63, 3.8) is 0 Å². The van der Waals surface area contributed by atoms with E-state index < -0.39 is 0 Å². The van der Waals surface area contributed by atoms with Crippen molar-refractivity contribution in [2.75, 3.05) is 20.1 Å². The van der Waals surface area contributed by atoms with Crippen LogP contribution in [-0.2, 0) is 4.79 Å². The molecular formula is C11H19N3O2. The van der Waals surface area contributed by atoms with Crippen LogP contribution in [0.3, 0.4) is 0 Å². The third kappa shape index (κ3) is 3.25. The van der Waals surface area contributed by atoms with Crippen molar-refractivity contribution in [1.82, 2.24) is 15.5 Å². The lowest BCUT2D eigenvalue weighted by atomic mass is 10.0. The molecule has 0 aliphatic carbocycles. The molecule has 1 atom stereocenters. The Balaban J connectivity index is 2.50. The zero-order valence-corrected chi connectivity index (χ0v) is 9.66. The molecule has 0 spiro atoms. The molecule has 3 amide bonds. The first kappa shape index (κ1) is 12.5. The minimum atomic E-state index is -0.212. The molecule has 90 valence electrons. The van der Waals surface area contributed by atoms with Crippen molar-refractivity contribution < 1.29 is 9.59 Å². The number of amides is 3. The molecule has 0 radical (unpaired) electrons. The van der Waals surface area contributed by atoms with Crippen LogP contribution in [0.5, 0.6) is 0 Å². The molecule has 16 heavy (non-hydrogen) atoms. The molecule has 1 aliphatic rings. The number of piperidine rings is 1. The first-order chi connectivity index (χ1) is 7.69. The smallest absolute Gasteiger partial charge is 0.314 e. The fraction of sp³-hybridized carbons (Fsp3) is 0.636. The minimum absolute atomic E-state index is 0.0524. The normalized spacial score (nSPS) is 20.1. The summed E-state index contributed by atoms with van der Waals surface area (Å²) in [6.07, 6.45) is 4.39. The fourth-order valence-corrected chi connectivity index (χ4v) is 1.92.